The van der Waals surface area contributed by atoms with Crippen LogP contribution in [0.4, 0.5) is 0 Å². The van der Waals surface area contributed by atoms with E-state index in [4.69, 9.17) is 9.26 Å². The minimum Gasteiger partial charge on any atom is -0.485 e. The number of nitrogens with one attached hydrogen (secondary N) is 1. The monoisotopic (exact) mass is 303 g/mol. The lowest BCUT2D eigenvalue weighted by Crippen LogP contribution is -2.36. The Hall–Kier alpha value is -2.37. The first-order valence-corrected chi connectivity index (χ1v) is 7.29. The number of ether oxygens (including phenoxy) is 1. The summed E-state index contributed by atoms with van der Waals surface area (Å²) in [6.45, 7) is 7.97. The van der Waals surface area contributed by atoms with Crippen LogP contribution in [-0.2, 0) is 6.61 Å². The van der Waals surface area contributed by atoms with Crippen molar-refractivity contribution in [1.82, 2.24) is 15.5 Å². The van der Waals surface area contributed by atoms with Gasteiger partial charge in [0.15, 0.2) is 6.61 Å². The Labute approximate surface area is 129 Å². The van der Waals surface area contributed by atoms with Gasteiger partial charge in [0.2, 0.25) is 11.7 Å². The van der Waals surface area contributed by atoms with Crippen LogP contribution in [0.3, 0.4) is 0 Å². The molecule has 6 heteroatoms. The maximum absolute atomic E-state index is 12.4. The van der Waals surface area contributed by atoms with Crippen LogP contribution in [0.5, 0.6) is 5.75 Å². The molecule has 1 atom stereocenters. The molecule has 0 fully saturated rings. The van der Waals surface area contributed by atoms with Gasteiger partial charge in [-0.05, 0) is 25.0 Å². The molecule has 22 heavy (non-hydrogen) atoms. The van der Waals surface area contributed by atoms with E-state index >= 15 is 0 Å². The van der Waals surface area contributed by atoms with Crippen LogP contribution in [0.15, 0.2) is 28.8 Å². The number of rotatable bonds is 6. The van der Waals surface area contributed by atoms with E-state index in [-0.39, 0.29) is 18.6 Å². The third-order valence-corrected chi connectivity index (χ3v) is 3.42. The van der Waals surface area contributed by atoms with Crippen LogP contribution in [-0.4, -0.2) is 22.1 Å². The van der Waals surface area contributed by atoms with Gasteiger partial charge in [0.25, 0.3) is 5.91 Å². The molecule has 2 aromatic rings. The van der Waals surface area contributed by atoms with Crippen molar-refractivity contribution in [3.05, 3.63) is 41.5 Å². The Morgan fingerprint density at radius 2 is 2.05 bits per heavy atom. The zero-order chi connectivity index (χ0) is 16.1. The first-order valence-electron chi connectivity index (χ1n) is 7.29. The fourth-order valence-electron chi connectivity index (χ4n) is 1.77. The zero-order valence-corrected chi connectivity index (χ0v) is 13.3. The molecule has 6 nitrogen and oxygen atoms in total. The van der Waals surface area contributed by atoms with Crippen molar-refractivity contribution in [1.29, 1.82) is 0 Å². The fourth-order valence-corrected chi connectivity index (χ4v) is 1.77. The van der Waals surface area contributed by atoms with Crippen LogP contribution in [0.1, 0.15) is 42.8 Å². The van der Waals surface area contributed by atoms with Gasteiger partial charge in [-0.2, -0.15) is 4.98 Å². The van der Waals surface area contributed by atoms with Gasteiger partial charge in [-0.15, -0.1) is 0 Å². The minimum atomic E-state index is -0.152. The van der Waals surface area contributed by atoms with Crippen LogP contribution >= 0.6 is 0 Å². The van der Waals surface area contributed by atoms with Gasteiger partial charge < -0.3 is 14.6 Å². The van der Waals surface area contributed by atoms with Crippen LogP contribution < -0.4 is 10.1 Å². The summed E-state index contributed by atoms with van der Waals surface area (Å²) in [5.41, 5.74) is 0.496. The van der Waals surface area contributed by atoms with Gasteiger partial charge in [0.05, 0.1) is 5.56 Å². The lowest BCUT2D eigenvalue weighted by atomic mass is 10.1. The average Bonchev–Trinajstić information content (AvgIpc) is 2.90. The van der Waals surface area contributed by atoms with Crippen molar-refractivity contribution < 1.29 is 14.1 Å². The molecule has 1 aromatic heterocycles. The summed E-state index contributed by atoms with van der Waals surface area (Å²) in [4.78, 5) is 16.4. The Morgan fingerprint density at radius 3 is 2.68 bits per heavy atom. The molecule has 0 aliphatic rings. The number of para-hydroxylation sites is 1. The lowest BCUT2D eigenvalue weighted by Gasteiger charge is -2.18. The number of nitrogens with zero attached hydrogens (tertiary/aromatic N) is 2. The number of hydrogen-bond donors (Lipinski definition) is 1. The second kappa shape index (κ2) is 7.06. The van der Waals surface area contributed by atoms with E-state index in [0.29, 0.717) is 28.9 Å². The summed E-state index contributed by atoms with van der Waals surface area (Å²) in [5.74, 6) is 1.64. The average molecular weight is 303 g/mol. The Morgan fingerprint density at radius 1 is 1.32 bits per heavy atom. The predicted molar refractivity (Wildman–Crippen MR) is 81.6 cm³/mol. The van der Waals surface area contributed by atoms with E-state index in [2.05, 4.69) is 29.3 Å². The largest absolute Gasteiger partial charge is 0.485 e. The highest BCUT2D eigenvalue weighted by Gasteiger charge is 2.16. The molecule has 1 aromatic carbocycles. The minimum absolute atomic E-state index is 0.0837. The third kappa shape index (κ3) is 4.07. The third-order valence-electron chi connectivity index (χ3n) is 3.42. The van der Waals surface area contributed by atoms with Gasteiger partial charge in [0, 0.05) is 13.0 Å². The highest BCUT2D eigenvalue weighted by molar-refractivity contribution is 5.97. The number of hydrogen-bond acceptors (Lipinski definition) is 5. The first-order chi connectivity index (χ1) is 10.5. The topological polar surface area (TPSA) is 77.2 Å². The summed E-state index contributed by atoms with van der Waals surface area (Å²) in [6, 6.07) is 7.20. The summed E-state index contributed by atoms with van der Waals surface area (Å²) in [6.07, 6.45) is 0. The smallest absolute Gasteiger partial charge is 0.255 e. The highest BCUT2D eigenvalue weighted by Crippen LogP contribution is 2.19. The standard InChI is InChI=1S/C16H21N3O3/c1-10(2)11(3)17-16(20)13-7-5-6-8-14(13)21-9-15-18-12(4)22-19-15/h5-8,10-11H,9H2,1-4H3,(H,17,20). The van der Waals surface area contributed by atoms with Crippen LogP contribution in [0.2, 0.25) is 0 Å². The molecule has 1 heterocycles. The van der Waals surface area contributed by atoms with Crippen LogP contribution in [0.25, 0.3) is 0 Å². The Kier molecular flexibility index (Phi) is 5.14. The molecule has 0 radical (unpaired) electrons. The molecule has 1 N–H and O–H groups in total. The van der Waals surface area contributed by atoms with E-state index in [1.807, 2.05) is 13.0 Å². The number of carbonyl (C=O) groups is 1. The summed E-state index contributed by atoms with van der Waals surface area (Å²) in [7, 11) is 0. The normalized spacial score (nSPS) is 12.2. The van der Waals surface area contributed by atoms with Crippen molar-refractivity contribution in [2.24, 2.45) is 5.92 Å². The van der Waals surface area contributed by atoms with E-state index in [0.717, 1.165) is 0 Å². The maximum Gasteiger partial charge on any atom is 0.255 e. The van der Waals surface area contributed by atoms with Crippen molar-refractivity contribution in [2.75, 3.05) is 0 Å². The second-order valence-electron chi connectivity index (χ2n) is 5.52. The number of amides is 1. The number of carbonyl (C=O) groups excluding carboxylic acids is 1. The van der Waals surface area contributed by atoms with E-state index < -0.39 is 0 Å². The Balaban J connectivity index is 2.07. The SMILES string of the molecule is Cc1nc(COc2ccccc2C(=O)NC(C)C(C)C)no1. The maximum atomic E-state index is 12.4. The van der Waals surface area contributed by atoms with Crippen LogP contribution in [0, 0.1) is 12.8 Å². The molecule has 0 saturated heterocycles. The molecule has 118 valence electrons. The number of benzene rings is 1. The van der Waals surface area contributed by atoms with E-state index in [9.17, 15) is 4.79 Å². The fraction of sp³-hybridized carbons (Fsp3) is 0.438. The molecule has 0 saturated carbocycles. The summed E-state index contributed by atoms with van der Waals surface area (Å²) in [5, 5.41) is 6.73. The van der Waals surface area contributed by atoms with Gasteiger partial charge in [0.1, 0.15) is 5.75 Å². The van der Waals surface area contributed by atoms with Gasteiger partial charge in [-0.25, -0.2) is 0 Å². The molecule has 1 unspecified atom stereocenters. The van der Waals surface area contributed by atoms with E-state index in [1.165, 1.54) is 0 Å². The molecule has 0 spiro atoms. The van der Waals surface area contributed by atoms with Gasteiger partial charge >= 0.3 is 0 Å². The second-order valence-corrected chi connectivity index (χ2v) is 5.52. The number of aryl methyl sites for hydroxylation is 1. The quantitative estimate of drug-likeness (QED) is 0.888. The number of aromatic nitrogens is 2. The van der Waals surface area contributed by atoms with Crippen molar-refractivity contribution in [3.63, 3.8) is 0 Å². The Bertz CT molecular complexity index is 637. The molecule has 0 aliphatic heterocycles. The summed E-state index contributed by atoms with van der Waals surface area (Å²) >= 11 is 0. The molecule has 2 rings (SSSR count). The van der Waals surface area contributed by atoms with Crippen molar-refractivity contribution in [2.45, 2.75) is 40.3 Å². The highest BCUT2D eigenvalue weighted by atomic mass is 16.5. The van der Waals surface area contributed by atoms with E-state index in [1.54, 1.807) is 25.1 Å². The molecule has 0 aliphatic carbocycles. The molecule has 1 amide bonds. The molecular formula is C16H21N3O3. The molecular weight excluding hydrogens is 282 g/mol. The lowest BCUT2D eigenvalue weighted by molar-refractivity contribution is 0.0925. The van der Waals surface area contributed by atoms with Gasteiger partial charge in [-0.1, -0.05) is 31.1 Å². The summed E-state index contributed by atoms with van der Waals surface area (Å²) < 4.78 is 10.5. The first kappa shape index (κ1) is 16.0. The zero-order valence-electron chi connectivity index (χ0n) is 13.3. The van der Waals surface area contributed by atoms with Crippen molar-refractivity contribution in [3.8, 4) is 5.75 Å². The van der Waals surface area contributed by atoms with Gasteiger partial charge in [-0.3, -0.25) is 4.79 Å². The predicted octanol–water partition coefficient (Wildman–Crippen LogP) is 2.73. The molecule has 0 bridgehead atoms. The van der Waals surface area contributed by atoms with Crippen molar-refractivity contribution >= 4 is 5.91 Å².